The molecule has 0 heterocycles. The molecule has 0 radical (unpaired) electrons. The van der Waals surface area contributed by atoms with E-state index in [1.165, 1.54) is 13.8 Å². The van der Waals surface area contributed by atoms with Crippen molar-refractivity contribution < 1.29 is 13.6 Å². The van der Waals surface area contributed by atoms with Crippen LogP contribution in [-0.4, -0.2) is 16.5 Å². The summed E-state index contributed by atoms with van der Waals surface area (Å²) in [6.45, 7) is 2.46. The van der Waals surface area contributed by atoms with Crippen LogP contribution in [0, 0.1) is 0 Å². The van der Waals surface area contributed by atoms with Crippen LogP contribution in [0.2, 0.25) is 0 Å². The lowest BCUT2D eigenvalue weighted by atomic mass is 10.2. The third-order valence-electron chi connectivity index (χ3n) is 0.981. The third-order valence-corrected chi connectivity index (χ3v) is 1.74. The van der Waals surface area contributed by atoms with E-state index < -0.39 is 18.4 Å². The van der Waals surface area contributed by atoms with Crippen LogP contribution >= 0.6 is 22.6 Å². The topological polar surface area (TPSA) is 26.3 Å². The summed E-state index contributed by atoms with van der Waals surface area (Å²) in [7, 11) is 0. The Morgan fingerprint density at radius 2 is 2.45 bits per heavy atom. The van der Waals surface area contributed by atoms with Gasteiger partial charge in [0.15, 0.2) is 0 Å². The fraction of sp³-hybridized carbons (Fsp3) is 0.875. The summed E-state index contributed by atoms with van der Waals surface area (Å²) in [6.07, 6.45) is -2.71. The molecule has 1 atom stereocenters. The molecular weight excluding hydrogens is 255 g/mol. The smallest absolute Gasteiger partial charge is 0.302 e. The zero-order valence-corrected chi connectivity index (χ0v) is 8.97. The van der Waals surface area contributed by atoms with E-state index in [1.807, 2.05) is 0 Å². The van der Waals surface area contributed by atoms with E-state index in [0.717, 1.165) is 4.43 Å². The van der Waals surface area contributed by atoms with Gasteiger partial charge in [-0.25, -0.2) is 0 Å². The van der Waals surface area contributed by atoms with Gasteiger partial charge in [-0.1, -0.05) is 22.6 Å². The lowest BCUT2D eigenvalue weighted by Gasteiger charge is -2.10. The number of hydrogen-bond donors (Lipinski definition) is 0. The highest BCUT2D eigenvalue weighted by molar-refractivity contribution is 14.1. The van der Waals surface area contributed by atoms with Crippen LogP contribution in [0.25, 0.3) is 0 Å². The van der Waals surface area contributed by atoms with Gasteiger partial charge in [0.25, 0.3) is 0 Å². The summed E-state index contributed by atoms with van der Waals surface area (Å²) in [5.74, 6) is -0.624. The third kappa shape index (κ3) is 8.10. The molecule has 3 heteroatoms. The highest BCUT2D eigenvalue weighted by Gasteiger charge is 2.03. The molecule has 0 saturated heterocycles. The van der Waals surface area contributed by atoms with E-state index >= 15 is 0 Å². The van der Waals surface area contributed by atoms with Crippen molar-refractivity contribution in [3.63, 3.8) is 0 Å². The molecule has 0 spiro atoms. The van der Waals surface area contributed by atoms with E-state index in [1.54, 1.807) is 0 Å². The molecule has 0 aliphatic heterocycles. The maximum atomic E-state index is 10.7. The van der Waals surface area contributed by atoms with E-state index in [-0.39, 0.29) is 6.42 Å². The van der Waals surface area contributed by atoms with Crippen molar-refractivity contribution in [3.05, 3.63) is 0 Å². The lowest BCUT2D eigenvalue weighted by molar-refractivity contribution is -0.145. The second-order valence-corrected chi connectivity index (χ2v) is 3.20. The lowest BCUT2D eigenvalue weighted by Crippen LogP contribution is -2.11. The highest BCUT2D eigenvalue weighted by Crippen LogP contribution is 2.05. The van der Waals surface area contributed by atoms with Crippen LogP contribution in [0.5, 0.6) is 0 Å². The molecule has 0 aliphatic rings. The van der Waals surface area contributed by atoms with Crippen LogP contribution < -0.4 is 0 Å². The largest absolute Gasteiger partial charge is 0.463 e. The number of esters is 1. The van der Waals surface area contributed by atoms with E-state index in [2.05, 4.69) is 27.3 Å². The molecule has 0 N–H and O–H groups in total. The second-order valence-electron chi connectivity index (χ2n) is 2.12. The van der Waals surface area contributed by atoms with Crippen LogP contribution in [-0.2, 0) is 9.53 Å². The van der Waals surface area contributed by atoms with Crippen molar-refractivity contribution in [3.8, 4) is 0 Å². The molecule has 0 aromatic rings. The average Bonchev–Trinajstić information content (AvgIpc) is 1.98. The predicted molar refractivity (Wildman–Crippen MR) is 54.0 cm³/mol. The Kier molecular flexibility index (Phi) is 4.18. The molecule has 66 valence electrons. The van der Waals surface area contributed by atoms with E-state index in [9.17, 15) is 4.79 Å². The Morgan fingerprint density at radius 1 is 1.82 bits per heavy atom. The Balaban J connectivity index is 4.43. The summed E-state index contributed by atoms with van der Waals surface area (Å²) < 4.78 is 28.3. The number of alkyl halides is 1. The number of halogens is 1. The molecule has 0 amide bonds. The van der Waals surface area contributed by atoms with E-state index in [4.69, 9.17) is 4.11 Å². The first kappa shape index (κ1) is 6.69. The maximum Gasteiger partial charge on any atom is 0.302 e. The molecule has 2 nitrogen and oxygen atoms in total. The average molecular weight is 273 g/mol. The molecule has 0 saturated carbocycles. The summed E-state index contributed by atoms with van der Waals surface area (Å²) in [5.41, 5.74) is 0. The molecule has 0 rings (SSSR count). The van der Waals surface area contributed by atoms with Crippen molar-refractivity contribution in [2.24, 2.45) is 0 Å². The van der Waals surface area contributed by atoms with Crippen LogP contribution in [0.15, 0.2) is 0 Å². The normalized spacial score (nSPS) is 20.8. The van der Waals surface area contributed by atoms with Gasteiger partial charge < -0.3 is 4.74 Å². The molecule has 0 aromatic heterocycles. The number of hydrogen-bond acceptors (Lipinski definition) is 2. The minimum atomic E-state index is -1.80. The van der Waals surface area contributed by atoms with Crippen LogP contribution in [0.4, 0.5) is 0 Å². The fourth-order valence-electron chi connectivity index (χ4n) is 0.583. The van der Waals surface area contributed by atoms with E-state index in [0.29, 0.717) is 6.42 Å². The minimum absolute atomic E-state index is 0.225. The van der Waals surface area contributed by atoms with Gasteiger partial charge in [0.05, 0.1) is 7.45 Å². The first-order chi connectivity index (χ1) is 6.23. The maximum absolute atomic E-state index is 10.7. The van der Waals surface area contributed by atoms with Crippen molar-refractivity contribution in [2.75, 3.05) is 4.43 Å². The molecular formula is C8H15IO2. The van der Waals surface area contributed by atoms with Crippen LogP contribution in [0.3, 0.4) is 0 Å². The summed E-state index contributed by atoms with van der Waals surface area (Å²) >= 11 is 2.15. The first-order valence-electron chi connectivity index (χ1n) is 4.98. The van der Waals surface area contributed by atoms with Gasteiger partial charge in [-0.2, -0.15) is 0 Å². The molecule has 0 aliphatic carbocycles. The number of carbonyl (C=O) groups excluding carboxylic acids is 1. The Morgan fingerprint density at radius 3 is 2.91 bits per heavy atom. The second kappa shape index (κ2) is 6.88. The highest BCUT2D eigenvalue weighted by atomic mass is 127. The summed E-state index contributed by atoms with van der Waals surface area (Å²) in [4.78, 5) is 10.7. The SMILES string of the molecule is [2H]C([2H])(CCCI)[C@]([2H])(C)OC(C)=O. The van der Waals surface area contributed by atoms with Gasteiger partial charge >= 0.3 is 5.97 Å². The monoisotopic (exact) mass is 273 g/mol. The number of carbonyl (C=O) groups is 1. The Hall–Kier alpha value is 0.200. The zero-order valence-electron chi connectivity index (χ0n) is 9.82. The molecule has 0 fully saturated rings. The predicted octanol–water partition coefficient (Wildman–Crippen LogP) is 2.54. The number of rotatable bonds is 5. The fourth-order valence-corrected chi connectivity index (χ4v) is 0.964. The van der Waals surface area contributed by atoms with Crippen molar-refractivity contribution >= 4 is 28.6 Å². The minimum Gasteiger partial charge on any atom is -0.463 e. The molecule has 0 bridgehead atoms. The van der Waals surface area contributed by atoms with Gasteiger partial charge in [-0.3, -0.25) is 4.79 Å². The molecule has 0 unspecified atom stereocenters. The molecule has 0 aromatic carbocycles. The zero-order chi connectivity index (χ0) is 11.4. The first-order valence-corrected chi connectivity index (χ1v) is 5.01. The van der Waals surface area contributed by atoms with Gasteiger partial charge in [0, 0.05) is 9.67 Å². The summed E-state index contributed by atoms with van der Waals surface area (Å²) in [6, 6.07) is 0. The van der Waals surface area contributed by atoms with Gasteiger partial charge in [0.2, 0.25) is 0 Å². The standard InChI is InChI=1S/C8H15IO2/c1-7(11-8(2)10)5-3-4-6-9/h7H,3-6H2,1-2H3/t7-/m0/s1/i5D2,7D. The van der Waals surface area contributed by atoms with Gasteiger partial charge in [0.1, 0.15) is 0 Å². The van der Waals surface area contributed by atoms with Gasteiger partial charge in [-0.15, -0.1) is 0 Å². The Labute approximate surface area is 86.0 Å². The molecule has 11 heavy (non-hydrogen) atoms. The van der Waals surface area contributed by atoms with Crippen molar-refractivity contribution in [1.82, 2.24) is 0 Å². The summed E-state index contributed by atoms with van der Waals surface area (Å²) in [5, 5.41) is 0. The quantitative estimate of drug-likeness (QED) is 0.437. The number of ether oxygens (including phenoxy) is 1. The van der Waals surface area contributed by atoms with Crippen LogP contribution in [0.1, 0.15) is 37.2 Å². The van der Waals surface area contributed by atoms with Crippen molar-refractivity contribution in [2.45, 2.75) is 39.1 Å². The van der Waals surface area contributed by atoms with Crippen molar-refractivity contribution in [1.29, 1.82) is 0 Å². The van der Waals surface area contributed by atoms with Gasteiger partial charge in [-0.05, 0) is 30.6 Å². The Bertz CT molecular complexity index is 207.